The van der Waals surface area contributed by atoms with Gasteiger partial charge in [-0.1, -0.05) is 62.1 Å². The number of hydrogen-bond donors (Lipinski definition) is 0. The van der Waals surface area contributed by atoms with E-state index in [4.69, 9.17) is 0 Å². The quantitative estimate of drug-likeness (QED) is 0.604. The molecule has 4 nitrogen and oxygen atoms in total. The minimum atomic E-state index is -0.305. The molecule has 1 aromatic carbocycles. The first-order valence-corrected chi connectivity index (χ1v) is 9.27. The van der Waals surface area contributed by atoms with Crippen LogP contribution in [0.5, 0.6) is 0 Å². The third-order valence-electron chi connectivity index (χ3n) is 4.75. The predicted molar refractivity (Wildman–Crippen MR) is 102 cm³/mol. The molecule has 1 aliphatic carbocycles. The number of carbonyl (C=O) groups is 2. The van der Waals surface area contributed by atoms with Crippen molar-refractivity contribution in [2.45, 2.75) is 44.6 Å². The van der Waals surface area contributed by atoms with Gasteiger partial charge in [0.05, 0.1) is 0 Å². The van der Waals surface area contributed by atoms with E-state index in [0.29, 0.717) is 5.69 Å². The molecule has 2 amide bonds. The minimum absolute atomic E-state index is 0.0556. The number of benzene rings is 1. The van der Waals surface area contributed by atoms with E-state index in [1.807, 2.05) is 30.3 Å². The van der Waals surface area contributed by atoms with Crippen LogP contribution in [0.15, 0.2) is 60.8 Å². The maximum Gasteiger partial charge on any atom is 0.279 e. The van der Waals surface area contributed by atoms with Crippen molar-refractivity contribution in [3.63, 3.8) is 0 Å². The Labute approximate surface area is 154 Å². The number of aromatic nitrogens is 1. The molecule has 0 N–H and O–H groups in total. The van der Waals surface area contributed by atoms with Gasteiger partial charge >= 0.3 is 0 Å². The van der Waals surface area contributed by atoms with Gasteiger partial charge in [-0.2, -0.15) is 0 Å². The average Bonchev–Trinajstić information content (AvgIpc) is 2.97. The number of amides is 2. The van der Waals surface area contributed by atoms with Crippen LogP contribution in [-0.2, 0) is 4.79 Å². The molecule has 26 heavy (non-hydrogen) atoms. The van der Waals surface area contributed by atoms with Gasteiger partial charge < -0.3 is 0 Å². The number of nitrogens with zero attached hydrogens (tertiary/aromatic N) is 2. The summed E-state index contributed by atoms with van der Waals surface area (Å²) < 4.78 is 0. The van der Waals surface area contributed by atoms with Crippen molar-refractivity contribution in [1.29, 1.82) is 0 Å². The van der Waals surface area contributed by atoms with Gasteiger partial charge in [0, 0.05) is 18.3 Å². The highest BCUT2D eigenvalue weighted by atomic mass is 16.2. The van der Waals surface area contributed by atoms with E-state index in [1.165, 1.54) is 11.0 Å². The van der Waals surface area contributed by atoms with Crippen molar-refractivity contribution in [2.24, 2.45) is 0 Å². The van der Waals surface area contributed by atoms with Crippen LogP contribution < -0.4 is 0 Å². The largest absolute Gasteiger partial charge is 0.279 e. The molecule has 3 rings (SSSR count). The first-order chi connectivity index (χ1) is 12.8. The molecule has 1 aliphatic rings. The second-order valence-electron chi connectivity index (χ2n) is 6.62. The highest BCUT2D eigenvalue weighted by Crippen LogP contribution is 2.24. The summed E-state index contributed by atoms with van der Waals surface area (Å²) in [6.07, 6.45) is 11.0. The van der Waals surface area contributed by atoms with E-state index < -0.39 is 0 Å². The summed E-state index contributed by atoms with van der Waals surface area (Å²) in [5.74, 6) is -0.573. The molecule has 1 aromatic heterocycles. The average molecular weight is 348 g/mol. The first-order valence-electron chi connectivity index (χ1n) is 9.27. The van der Waals surface area contributed by atoms with E-state index in [9.17, 15) is 9.59 Å². The summed E-state index contributed by atoms with van der Waals surface area (Å²) in [6.45, 7) is 0. The van der Waals surface area contributed by atoms with E-state index in [0.717, 1.165) is 44.1 Å². The summed E-state index contributed by atoms with van der Waals surface area (Å²) in [5.41, 5.74) is 1.25. The van der Waals surface area contributed by atoms with E-state index in [-0.39, 0.29) is 17.9 Å². The molecule has 134 valence electrons. The van der Waals surface area contributed by atoms with E-state index in [2.05, 4.69) is 4.98 Å². The van der Waals surface area contributed by atoms with Gasteiger partial charge in [0.1, 0.15) is 5.69 Å². The Morgan fingerprint density at radius 1 is 0.923 bits per heavy atom. The Morgan fingerprint density at radius 3 is 2.27 bits per heavy atom. The van der Waals surface area contributed by atoms with Crippen LogP contribution >= 0.6 is 0 Å². The Balaban J connectivity index is 1.85. The maximum atomic E-state index is 13.0. The lowest BCUT2D eigenvalue weighted by Gasteiger charge is -2.28. The van der Waals surface area contributed by atoms with Crippen LogP contribution in [0, 0.1) is 0 Å². The Bertz CT molecular complexity index is 748. The molecule has 1 heterocycles. The molecule has 0 atom stereocenters. The van der Waals surface area contributed by atoms with Gasteiger partial charge in [-0.25, -0.2) is 0 Å². The van der Waals surface area contributed by atoms with Gasteiger partial charge in [-0.3, -0.25) is 19.5 Å². The summed E-state index contributed by atoms with van der Waals surface area (Å²) in [6, 6.07) is 14.8. The fourth-order valence-corrected chi connectivity index (χ4v) is 3.39. The lowest BCUT2D eigenvalue weighted by Crippen LogP contribution is -2.44. The smallest absolute Gasteiger partial charge is 0.270 e. The van der Waals surface area contributed by atoms with Gasteiger partial charge in [-0.05, 0) is 36.6 Å². The minimum Gasteiger partial charge on any atom is -0.270 e. The van der Waals surface area contributed by atoms with Crippen LogP contribution in [0.4, 0.5) is 0 Å². The summed E-state index contributed by atoms with van der Waals surface area (Å²) in [5, 5.41) is 0. The highest BCUT2D eigenvalue weighted by Gasteiger charge is 2.30. The van der Waals surface area contributed by atoms with Crippen molar-refractivity contribution >= 4 is 17.9 Å². The zero-order valence-electron chi connectivity index (χ0n) is 14.9. The molecule has 0 spiro atoms. The topological polar surface area (TPSA) is 50.3 Å². The Morgan fingerprint density at radius 2 is 1.62 bits per heavy atom. The first kappa shape index (κ1) is 18.1. The number of pyridine rings is 1. The number of rotatable bonds is 4. The van der Waals surface area contributed by atoms with Gasteiger partial charge in [0.15, 0.2) is 0 Å². The van der Waals surface area contributed by atoms with Crippen LogP contribution in [0.3, 0.4) is 0 Å². The third kappa shape index (κ3) is 4.66. The SMILES string of the molecule is O=C(/C=C/c1ccccc1)N(C(=O)c1ccccn1)C1CCCCCC1. The number of hydrogen-bond acceptors (Lipinski definition) is 3. The van der Waals surface area contributed by atoms with Crippen LogP contribution in [-0.4, -0.2) is 27.7 Å². The van der Waals surface area contributed by atoms with Gasteiger partial charge in [0.25, 0.3) is 11.8 Å². The van der Waals surface area contributed by atoms with E-state index in [1.54, 1.807) is 30.5 Å². The maximum absolute atomic E-state index is 13.0. The van der Waals surface area contributed by atoms with Crippen molar-refractivity contribution in [3.8, 4) is 0 Å². The molecular formula is C22H24N2O2. The molecule has 0 unspecified atom stereocenters. The standard InChI is InChI=1S/C22H24N2O2/c25-21(16-15-18-10-4-3-5-11-18)24(19-12-6-1-2-7-13-19)22(26)20-14-8-9-17-23-20/h3-5,8-11,14-17,19H,1-2,6-7,12-13H2/b16-15+. The molecule has 4 heteroatoms. The fourth-order valence-electron chi connectivity index (χ4n) is 3.39. The molecule has 0 saturated heterocycles. The Kier molecular flexibility index (Phi) is 6.31. The second kappa shape index (κ2) is 9.09. The second-order valence-corrected chi connectivity index (χ2v) is 6.62. The van der Waals surface area contributed by atoms with E-state index >= 15 is 0 Å². The summed E-state index contributed by atoms with van der Waals surface area (Å²) in [7, 11) is 0. The molecule has 1 saturated carbocycles. The Hall–Kier alpha value is -2.75. The lowest BCUT2D eigenvalue weighted by molar-refractivity contribution is -0.125. The predicted octanol–water partition coefficient (Wildman–Crippen LogP) is 4.49. The van der Waals surface area contributed by atoms with Crippen molar-refractivity contribution in [3.05, 3.63) is 72.1 Å². The molecular weight excluding hydrogens is 324 g/mol. The summed E-state index contributed by atoms with van der Waals surface area (Å²) >= 11 is 0. The molecule has 0 radical (unpaired) electrons. The van der Waals surface area contributed by atoms with Crippen LogP contribution in [0.1, 0.15) is 54.6 Å². The van der Waals surface area contributed by atoms with Gasteiger partial charge in [-0.15, -0.1) is 0 Å². The van der Waals surface area contributed by atoms with Crippen LogP contribution in [0.2, 0.25) is 0 Å². The molecule has 1 fully saturated rings. The molecule has 2 aromatic rings. The summed E-state index contributed by atoms with van der Waals surface area (Å²) in [4.78, 5) is 31.5. The molecule has 0 aliphatic heterocycles. The third-order valence-corrected chi connectivity index (χ3v) is 4.75. The monoisotopic (exact) mass is 348 g/mol. The highest BCUT2D eigenvalue weighted by molar-refractivity contribution is 6.08. The fraction of sp³-hybridized carbons (Fsp3) is 0.318. The van der Waals surface area contributed by atoms with Gasteiger partial charge in [0.2, 0.25) is 0 Å². The lowest BCUT2D eigenvalue weighted by atomic mass is 10.1. The zero-order valence-corrected chi connectivity index (χ0v) is 14.9. The van der Waals surface area contributed by atoms with Crippen molar-refractivity contribution in [1.82, 2.24) is 9.88 Å². The van der Waals surface area contributed by atoms with Crippen LogP contribution in [0.25, 0.3) is 6.08 Å². The molecule has 0 bridgehead atoms. The van der Waals surface area contributed by atoms with Crippen molar-refractivity contribution < 1.29 is 9.59 Å². The van der Waals surface area contributed by atoms with Crippen molar-refractivity contribution in [2.75, 3.05) is 0 Å². The number of imide groups is 1. The normalized spacial score (nSPS) is 15.5. The zero-order chi connectivity index (χ0) is 18.2. The number of carbonyl (C=O) groups excluding carboxylic acids is 2.